The van der Waals surface area contributed by atoms with E-state index in [0.29, 0.717) is 5.69 Å². The lowest BCUT2D eigenvalue weighted by atomic mass is 10.1. The van der Waals surface area contributed by atoms with Crippen LogP contribution in [-0.4, -0.2) is 16.1 Å². The molecule has 0 aliphatic heterocycles. The third-order valence-electron chi connectivity index (χ3n) is 2.38. The summed E-state index contributed by atoms with van der Waals surface area (Å²) >= 11 is 0. The van der Waals surface area contributed by atoms with Gasteiger partial charge in [-0.2, -0.15) is 5.10 Å². The van der Waals surface area contributed by atoms with Gasteiger partial charge in [0, 0.05) is 12.6 Å². The lowest BCUT2D eigenvalue weighted by molar-refractivity contribution is 0.111. The molecule has 0 spiro atoms. The van der Waals surface area contributed by atoms with E-state index in [-0.39, 0.29) is 0 Å². The summed E-state index contributed by atoms with van der Waals surface area (Å²) in [7, 11) is 1.77. The number of hydrogen-bond acceptors (Lipinski definition) is 2. The second-order valence-electron chi connectivity index (χ2n) is 3.56. The van der Waals surface area contributed by atoms with E-state index in [4.69, 9.17) is 0 Å². The zero-order valence-corrected chi connectivity index (χ0v) is 8.77. The van der Waals surface area contributed by atoms with Gasteiger partial charge in [0.05, 0.1) is 5.69 Å². The molecule has 0 bridgehead atoms. The van der Waals surface area contributed by atoms with Crippen molar-refractivity contribution in [3.05, 3.63) is 41.6 Å². The quantitative estimate of drug-likeness (QED) is 0.696. The van der Waals surface area contributed by atoms with Gasteiger partial charge >= 0.3 is 0 Å². The Morgan fingerprint density at radius 2 is 1.93 bits per heavy atom. The van der Waals surface area contributed by atoms with E-state index < -0.39 is 0 Å². The summed E-state index contributed by atoms with van der Waals surface area (Å²) < 4.78 is 1.59. The van der Waals surface area contributed by atoms with Crippen LogP contribution in [0.3, 0.4) is 0 Å². The highest BCUT2D eigenvalue weighted by Gasteiger charge is 2.05. The Morgan fingerprint density at radius 1 is 1.27 bits per heavy atom. The maximum absolute atomic E-state index is 10.7. The first-order valence-electron chi connectivity index (χ1n) is 4.77. The van der Waals surface area contributed by atoms with Gasteiger partial charge in [0.1, 0.15) is 5.69 Å². The highest BCUT2D eigenvalue weighted by atomic mass is 16.1. The summed E-state index contributed by atoms with van der Waals surface area (Å²) in [6.07, 6.45) is 0.810. The van der Waals surface area contributed by atoms with E-state index in [1.54, 1.807) is 17.8 Å². The van der Waals surface area contributed by atoms with Crippen LogP contribution in [0.5, 0.6) is 0 Å². The zero-order valence-electron chi connectivity index (χ0n) is 8.77. The molecule has 0 fully saturated rings. The van der Waals surface area contributed by atoms with Gasteiger partial charge < -0.3 is 0 Å². The van der Waals surface area contributed by atoms with Gasteiger partial charge in [0.2, 0.25) is 0 Å². The molecule has 1 heterocycles. The van der Waals surface area contributed by atoms with Crippen LogP contribution in [-0.2, 0) is 7.05 Å². The van der Waals surface area contributed by atoms with Gasteiger partial charge in [-0.05, 0) is 13.0 Å². The van der Waals surface area contributed by atoms with E-state index in [0.717, 1.165) is 17.5 Å². The van der Waals surface area contributed by atoms with Gasteiger partial charge in [-0.25, -0.2) is 0 Å². The molecule has 0 saturated heterocycles. The number of aryl methyl sites for hydroxylation is 2. The average molecular weight is 200 g/mol. The first-order chi connectivity index (χ1) is 7.20. The normalized spacial score (nSPS) is 10.3. The second-order valence-corrected chi connectivity index (χ2v) is 3.56. The summed E-state index contributed by atoms with van der Waals surface area (Å²) in [6, 6.07) is 9.87. The van der Waals surface area contributed by atoms with Gasteiger partial charge in [-0.1, -0.05) is 29.8 Å². The fraction of sp³-hybridized carbons (Fsp3) is 0.167. The Bertz CT molecular complexity index is 483. The standard InChI is InChI=1S/C12H12N2O/c1-9-3-5-10(6-4-9)12-7-11(8-15)14(2)13-12/h3-8H,1-2H3. The number of carbonyl (C=O) groups excluding carboxylic acids is 1. The predicted octanol–water partition coefficient (Wildman–Crippen LogP) is 2.21. The summed E-state index contributed by atoms with van der Waals surface area (Å²) in [6.45, 7) is 2.04. The van der Waals surface area contributed by atoms with E-state index in [9.17, 15) is 4.79 Å². The van der Waals surface area contributed by atoms with Crippen molar-refractivity contribution in [3.63, 3.8) is 0 Å². The number of carbonyl (C=O) groups is 1. The Hall–Kier alpha value is -1.90. The third kappa shape index (κ3) is 1.81. The summed E-state index contributed by atoms with van der Waals surface area (Å²) in [4.78, 5) is 10.7. The Balaban J connectivity index is 2.45. The maximum atomic E-state index is 10.7. The van der Waals surface area contributed by atoms with Crippen LogP contribution in [0.25, 0.3) is 11.3 Å². The SMILES string of the molecule is Cc1ccc(-c2cc(C=O)n(C)n2)cc1. The van der Waals surface area contributed by atoms with E-state index >= 15 is 0 Å². The molecule has 1 aromatic heterocycles. The zero-order chi connectivity index (χ0) is 10.8. The van der Waals surface area contributed by atoms with Crippen molar-refractivity contribution in [2.45, 2.75) is 6.92 Å². The minimum Gasteiger partial charge on any atom is -0.296 e. The lowest BCUT2D eigenvalue weighted by Gasteiger charge is -1.96. The number of nitrogens with zero attached hydrogens (tertiary/aromatic N) is 2. The molecule has 2 aromatic rings. The molecule has 0 atom stereocenters. The predicted molar refractivity (Wildman–Crippen MR) is 58.8 cm³/mol. The number of benzene rings is 1. The molecule has 0 unspecified atom stereocenters. The summed E-state index contributed by atoms with van der Waals surface area (Å²) in [5.41, 5.74) is 3.67. The Labute approximate surface area is 88.4 Å². The Morgan fingerprint density at radius 3 is 2.47 bits per heavy atom. The molecule has 76 valence electrons. The van der Waals surface area contributed by atoms with Crippen LogP contribution >= 0.6 is 0 Å². The summed E-state index contributed by atoms with van der Waals surface area (Å²) in [5, 5.41) is 4.27. The van der Waals surface area contributed by atoms with Crippen molar-refractivity contribution in [2.24, 2.45) is 7.05 Å². The first-order valence-corrected chi connectivity index (χ1v) is 4.77. The van der Waals surface area contributed by atoms with Crippen LogP contribution in [0.15, 0.2) is 30.3 Å². The average Bonchev–Trinajstić information content (AvgIpc) is 2.61. The van der Waals surface area contributed by atoms with Crippen molar-refractivity contribution in [3.8, 4) is 11.3 Å². The highest BCUT2D eigenvalue weighted by Crippen LogP contribution is 2.18. The topological polar surface area (TPSA) is 34.9 Å². The van der Waals surface area contributed by atoms with Crippen molar-refractivity contribution in [2.75, 3.05) is 0 Å². The van der Waals surface area contributed by atoms with Crippen LogP contribution < -0.4 is 0 Å². The first kappa shape index (κ1) is 9.65. The van der Waals surface area contributed by atoms with Crippen molar-refractivity contribution < 1.29 is 4.79 Å². The molecule has 1 aromatic carbocycles. The fourth-order valence-electron chi connectivity index (χ4n) is 1.46. The van der Waals surface area contributed by atoms with E-state index in [1.165, 1.54) is 5.56 Å². The van der Waals surface area contributed by atoms with Gasteiger partial charge in [0.25, 0.3) is 0 Å². The second kappa shape index (κ2) is 3.69. The molecule has 0 aliphatic carbocycles. The molecule has 0 radical (unpaired) electrons. The highest BCUT2D eigenvalue weighted by molar-refractivity contribution is 5.75. The molecule has 0 N–H and O–H groups in total. The minimum absolute atomic E-state index is 0.588. The van der Waals surface area contributed by atoms with E-state index in [1.807, 2.05) is 31.2 Å². The van der Waals surface area contributed by atoms with Crippen LogP contribution in [0, 0.1) is 6.92 Å². The third-order valence-corrected chi connectivity index (χ3v) is 2.38. The number of hydrogen-bond donors (Lipinski definition) is 0. The summed E-state index contributed by atoms with van der Waals surface area (Å²) in [5.74, 6) is 0. The lowest BCUT2D eigenvalue weighted by Crippen LogP contribution is -1.95. The minimum atomic E-state index is 0.588. The molecule has 0 aliphatic rings. The molecular formula is C12H12N2O. The smallest absolute Gasteiger partial charge is 0.168 e. The van der Waals surface area contributed by atoms with Crippen LogP contribution in [0.2, 0.25) is 0 Å². The molecule has 15 heavy (non-hydrogen) atoms. The van der Waals surface area contributed by atoms with Gasteiger partial charge in [-0.15, -0.1) is 0 Å². The molecular weight excluding hydrogens is 188 g/mol. The molecule has 3 heteroatoms. The molecule has 0 amide bonds. The van der Waals surface area contributed by atoms with Crippen molar-refractivity contribution >= 4 is 6.29 Å². The molecule has 3 nitrogen and oxygen atoms in total. The number of rotatable bonds is 2. The van der Waals surface area contributed by atoms with Crippen molar-refractivity contribution in [1.82, 2.24) is 9.78 Å². The van der Waals surface area contributed by atoms with Crippen LogP contribution in [0.4, 0.5) is 0 Å². The molecule has 0 saturated carbocycles. The maximum Gasteiger partial charge on any atom is 0.168 e. The van der Waals surface area contributed by atoms with Gasteiger partial charge in [0.15, 0.2) is 6.29 Å². The number of aldehydes is 1. The largest absolute Gasteiger partial charge is 0.296 e. The van der Waals surface area contributed by atoms with E-state index in [2.05, 4.69) is 5.10 Å². The fourth-order valence-corrected chi connectivity index (χ4v) is 1.46. The monoisotopic (exact) mass is 200 g/mol. The molecule has 2 rings (SSSR count). The Kier molecular flexibility index (Phi) is 2.37. The van der Waals surface area contributed by atoms with Crippen LogP contribution in [0.1, 0.15) is 16.1 Å². The van der Waals surface area contributed by atoms with Crippen molar-refractivity contribution in [1.29, 1.82) is 0 Å². The number of aromatic nitrogens is 2. The van der Waals surface area contributed by atoms with Gasteiger partial charge in [-0.3, -0.25) is 9.48 Å².